The van der Waals surface area contributed by atoms with E-state index in [0.717, 1.165) is 37.1 Å². The van der Waals surface area contributed by atoms with Crippen LogP contribution in [0.3, 0.4) is 0 Å². The van der Waals surface area contributed by atoms with Crippen molar-refractivity contribution < 1.29 is 14.3 Å². The maximum atomic E-state index is 11.5. The van der Waals surface area contributed by atoms with Gasteiger partial charge in [0.05, 0.1) is 14.2 Å². The molecule has 2 rings (SSSR count). The van der Waals surface area contributed by atoms with Crippen LogP contribution in [0, 0.1) is 0 Å². The zero-order valence-electron chi connectivity index (χ0n) is 12.0. The first-order chi connectivity index (χ1) is 9.72. The number of benzene rings is 1. The second-order valence-electron chi connectivity index (χ2n) is 4.91. The minimum absolute atomic E-state index is 0.207. The van der Waals surface area contributed by atoms with Crippen LogP contribution in [0.1, 0.15) is 24.8 Å². The average molecular weight is 275 g/mol. The Bertz CT molecular complexity index is 479. The van der Waals surface area contributed by atoms with Crippen molar-refractivity contribution in [3.05, 3.63) is 41.5 Å². The van der Waals surface area contributed by atoms with Crippen molar-refractivity contribution in [2.75, 3.05) is 14.2 Å². The summed E-state index contributed by atoms with van der Waals surface area (Å²) in [5.74, 6) is 0.653. The van der Waals surface area contributed by atoms with E-state index in [1.807, 2.05) is 30.3 Å². The molecule has 1 N–H and O–H groups in total. The van der Waals surface area contributed by atoms with Gasteiger partial charge in [-0.1, -0.05) is 18.2 Å². The summed E-state index contributed by atoms with van der Waals surface area (Å²) in [6.45, 7) is 0.777. The highest BCUT2D eigenvalue weighted by Gasteiger charge is 2.18. The lowest BCUT2D eigenvalue weighted by Gasteiger charge is -2.21. The van der Waals surface area contributed by atoms with Gasteiger partial charge in [0.15, 0.2) is 0 Å². The normalized spacial score (nSPS) is 18.3. The first kappa shape index (κ1) is 14.6. The Kier molecular flexibility index (Phi) is 5.18. The fourth-order valence-corrected chi connectivity index (χ4v) is 2.38. The van der Waals surface area contributed by atoms with E-state index in [4.69, 9.17) is 9.47 Å². The van der Waals surface area contributed by atoms with Gasteiger partial charge < -0.3 is 14.8 Å². The molecule has 0 saturated heterocycles. The Morgan fingerprint density at radius 2 is 2.05 bits per heavy atom. The number of hydrogen-bond donors (Lipinski definition) is 1. The Balaban J connectivity index is 1.91. The maximum Gasteiger partial charge on any atom is 0.333 e. The van der Waals surface area contributed by atoms with Gasteiger partial charge >= 0.3 is 5.97 Å². The predicted molar refractivity (Wildman–Crippen MR) is 77.6 cm³/mol. The minimum Gasteiger partial charge on any atom is -0.497 e. The summed E-state index contributed by atoms with van der Waals surface area (Å²) < 4.78 is 9.91. The summed E-state index contributed by atoms with van der Waals surface area (Å²) in [6.07, 6.45) is 4.88. The summed E-state index contributed by atoms with van der Waals surface area (Å²) in [4.78, 5) is 11.5. The van der Waals surface area contributed by atoms with E-state index in [9.17, 15) is 4.79 Å². The molecule has 1 aromatic carbocycles. The van der Waals surface area contributed by atoms with Gasteiger partial charge in [-0.2, -0.15) is 0 Å². The SMILES string of the molecule is COC(=O)C1=CC(NCc2ccc(OC)cc2)CCC1. The van der Waals surface area contributed by atoms with E-state index >= 15 is 0 Å². The molecule has 0 aliphatic heterocycles. The Labute approximate surface area is 119 Å². The molecule has 0 saturated carbocycles. The lowest BCUT2D eigenvalue weighted by Crippen LogP contribution is -2.30. The summed E-state index contributed by atoms with van der Waals surface area (Å²) in [6, 6.07) is 8.22. The highest BCUT2D eigenvalue weighted by atomic mass is 16.5. The van der Waals surface area contributed by atoms with Crippen LogP contribution in [0.2, 0.25) is 0 Å². The Morgan fingerprint density at radius 3 is 2.70 bits per heavy atom. The van der Waals surface area contributed by atoms with E-state index in [0.29, 0.717) is 0 Å². The second kappa shape index (κ2) is 7.10. The summed E-state index contributed by atoms with van der Waals surface area (Å²) in [5, 5.41) is 3.46. The molecule has 1 aromatic rings. The molecule has 1 aliphatic rings. The van der Waals surface area contributed by atoms with Crippen molar-refractivity contribution in [1.29, 1.82) is 0 Å². The van der Waals surface area contributed by atoms with Crippen LogP contribution < -0.4 is 10.1 Å². The number of rotatable bonds is 5. The predicted octanol–water partition coefficient (Wildman–Crippen LogP) is 2.44. The highest BCUT2D eigenvalue weighted by molar-refractivity contribution is 5.88. The van der Waals surface area contributed by atoms with Crippen molar-refractivity contribution in [1.82, 2.24) is 5.32 Å². The molecular formula is C16H21NO3. The second-order valence-corrected chi connectivity index (χ2v) is 4.91. The monoisotopic (exact) mass is 275 g/mol. The van der Waals surface area contributed by atoms with Crippen LogP contribution >= 0.6 is 0 Å². The maximum absolute atomic E-state index is 11.5. The topological polar surface area (TPSA) is 47.6 Å². The molecule has 0 radical (unpaired) electrons. The zero-order chi connectivity index (χ0) is 14.4. The lowest BCUT2D eigenvalue weighted by molar-refractivity contribution is -0.136. The Morgan fingerprint density at radius 1 is 1.30 bits per heavy atom. The van der Waals surface area contributed by atoms with Gasteiger partial charge in [-0.15, -0.1) is 0 Å². The number of methoxy groups -OCH3 is 2. The standard InChI is InChI=1S/C16H21NO3/c1-19-15-8-6-12(7-9-15)11-17-14-5-3-4-13(10-14)16(18)20-2/h6-10,14,17H,3-5,11H2,1-2H3. The molecule has 4 nitrogen and oxygen atoms in total. The lowest BCUT2D eigenvalue weighted by atomic mass is 9.95. The van der Waals surface area contributed by atoms with Crippen molar-refractivity contribution in [2.24, 2.45) is 0 Å². The average Bonchev–Trinajstić information content (AvgIpc) is 2.53. The quantitative estimate of drug-likeness (QED) is 0.838. The van der Waals surface area contributed by atoms with Crippen LogP contribution in [-0.2, 0) is 16.1 Å². The molecule has 0 spiro atoms. The van der Waals surface area contributed by atoms with Gasteiger partial charge in [-0.3, -0.25) is 0 Å². The van der Waals surface area contributed by atoms with Crippen LogP contribution in [0.5, 0.6) is 5.75 Å². The van der Waals surface area contributed by atoms with Gasteiger partial charge in [0.2, 0.25) is 0 Å². The molecular weight excluding hydrogens is 254 g/mol. The van der Waals surface area contributed by atoms with E-state index in [1.165, 1.54) is 12.7 Å². The number of carbonyl (C=O) groups excluding carboxylic acids is 1. The third kappa shape index (κ3) is 3.84. The van der Waals surface area contributed by atoms with Crippen LogP contribution in [-0.4, -0.2) is 26.2 Å². The van der Waals surface area contributed by atoms with Crippen LogP contribution in [0.25, 0.3) is 0 Å². The molecule has 4 heteroatoms. The van der Waals surface area contributed by atoms with Crippen molar-refractivity contribution in [3.63, 3.8) is 0 Å². The third-order valence-corrected chi connectivity index (χ3v) is 3.54. The first-order valence-corrected chi connectivity index (χ1v) is 6.88. The zero-order valence-corrected chi connectivity index (χ0v) is 12.0. The van der Waals surface area contributed by atoms with Gasteiger partial charge in [0, 0.05) is 18.2 Å². The van der Waals surface area contributed by atoms with Gasteiger partial charge in [0.25, 0.3) is 0 Å². The molecule has 1 atom stereocenters. The molecule has 0 fully saturated rings. The summed E-state index contributed by atoms with van der Waals surface area (Å²) in [5.41, 5.74) is 1.98. The van der Waals surface area contributed by atoms with Gasteiger partial charge in [-0.05, 0) is 37.0 Å². The van der Waals surface area contributed by atoms with Crippen molar-refractivity contribution >= 4 is 5.97 Å². The molecule has 1 aliphatic carbocycles. The molecule has 0 heterocycles. The number of esters is 1. The minimum atomic E-state index is -0.207. The fourth-order valence-electron chi connectivity index (χ4n) is 2.38. The number of ether oxygens (including phenoxy) is 2. The fraction of sp³-hybridized carbons (Fsp3) is 0.438. The highest BCUT2D eigenvalue weighted by Crippen LogP contribution is 2.19. The first-order valence-electron chi connectivity index (χ1n) is 6.88. The van der Waals surface area contributed by atoms with E-state index in [1.54, 1.807) is 7.11 Å². The summed E-state index contributed by atoms with van der Waals surface area (Å²) in [7, 11) is 3.09. The third-order valence-electron chi connectivity index (χ3n) is 3.54. The van der Waals surface area contributed by atoms with E-state index < -0.39 is 0 Å². The molecule has 0 aromatic heterocycles. The number of hydrogen-bond acceptors (Lipinski definition) is 4. The largest absolute Gasteiger partial charge is 0.497 e. The molecule has 0 bridgehead atoms. The van der Waals surface area contributed by atoms with E-state index in [-0.39, 0.29) is 12.0 Å². The summed E-state index contributed by atoms with van der Waals surface area (Å²) >= 11 is 0. The number of carbonyl (C=O) groups is 1. The van der Waals surface area contributed by atoms with E-state index in [2.05, 4.69) is 5.32 Å². The Hall–Kier alpha value is -1.81. The van der Waals surface area contributed by atoms with Crippen LogP contribution in [0.4, 0.5) is 0 Å². The molecule has 108 valence electrons. The van der Waals surface area contributed by atoms with Gasteiger partial charge in [0.1, 0.15) is 5.75 Å². The van der Waals surface area contributed by atoms with Gasteiger partial charge in [-0.25, -0.2) is 4.79 Å². The smallest absolute Gasteiger partial charge is 0.333 e. The van der Waals surface area contributed by atoms with Crippen molar-refractivity contribution in [3.8, 4) is 5.75 Å². The van der Waals surface area contributed by atoms with Crippen LogP contribution in [0.15, 0.2) is 35.9 Å². The molecule has 1 unspecified atom stereocenters. The number of nitrogens with one attached hydrogen (secondary N) is 1. The molecule has 0 amide bonds. The van der Waals surface area contributed by atoms with Crippen molar-refractivity contribution in [2.45, 2.75) is 31.8 Å². The molecule has 20 heavy (non-hydrogen) atoms.